The molecular weight excluding hydrogens is 683 g/mol. The number of ether oxygens (including phenoxy) is 5. The van der Waals surface area contributed by atoms with Gasteiger partial charge in [0.25, 0.3) is 0 Å². The fourth-order valence-corrected chi connectivity index (χ4v) is 4.67. The Morgan fingerprint density at radius 2 is 1.53 bits per heavy atom. The van der Waals surface area contributed by atoms with Crippen LogP contribution in [0, 0.1) is 6.92 Å². The van der Waals surface area contributed by atoms with Gasteiger partial charge in [-0.25, -0.2) is 14.4 Å². The first-order valence-corrected chi connectivity index (χ1v) is 15.3. The average molecular weight is 718 g/mol. The molecule has 18 heteroatoms. The number of benzene rings is 1. The summed E-state index contributed by atoms with van der Waals surface area (Å²) in [6.07, 6.45) is -0.972. The third-order valence-electron chi connectivity index (χ3n) is 5.21. The van der Waals surface area contributed by atoms with E-state index in [1.54, 1.807) is 20.8 Å². The van der Waals surface area contributed by atoms with Crippen LogP contribution in [0.5, 0.6) is 11.5 Å². The van der Waals surface area contributed by atoms with Crippen molar-refractivity contribution < 1.29 is 57.6 Å². The molecule has 0 bridgehead atoms. The standard InChI is InChI=1S/C27H35Cl3N2O12S/c1-13-19(42-14(2)34)8-20(43-15(3)35)16(21(13)24(38)41-12-27(28,29)30)10-45-11-18(23(37)40-7)31-22(36)17(9-33)32-25(39)44-26(4,5)6/h8,17-18,33H,9-12H2,1-7H3,(H,31,36)(H,32,39)/t17-,18+/m0/s1. The molecule has 1 aromatic carbocycles. The number of hydrogen-bond acceptors (Lipinski definition) is 13. The molecule has 45 heavy (non-hydrogen) atoms. The van der Waals surface area contributed by atoms with Gasteiger partial charge in [0.2, 0.25) is 9.70 Å². The highest BCUT2D eigenvalue weighted by atomic mass is 35.6. The Bertz CT molecular complexity index is 1280. The summed E-state index contributed by atoms with van der Waals surface area (Å²) in [5.41, 5.74) is -0.833. The van der Waals surface area contributed by atoms with Gasteiger partial charge in [-0.05, 0) is 27.7 Å². The van der Waals surface area contributed by atoms with E-state index in [4.69, 9.17) is 58.5 Å². The number of esters is 4. The number of alkyl carbamates (subject to hydrolysis) is 1. The van der Waals surface area contributed by atoms with Gasteiger partial charge in [-0.3, -0.25) is 14.4 Å². The van der Waals surface area contributed by atoms with Crippen molar-refractivity contribution in [1.82, 2.24) is 10.6 Å². The third kappa shape index (κ3) is 14.3. The molecule has 0 saturated heterocycles. The highest BCUT2D eigenvalue weighted by Crippen LogP contribution is 2.37. The van der Waals surface area contributed by atoms with Gasteiger partial charge in [0.15, 0.2) is 0 Å². The predicted octanol–water partition coefficient (Wildman–Crippen LogP) is 3.15. The highest BCUT2D eigenvalue weighted by Gasteiger charge is 2.31. The number of halogens is 3. The summed E-state index contributed by atoms with van der Waals surface area (Å²) < 4.78 is 23.5. The van der Waals surface area contributed by atoms with Gasteiger partial charge in [-0.1, -0.05) is 34.8 Å². The minimum atomic E-state index is -1.96. The van der Waals surface area contributed by atoms with Crippen molar-refractivity contribution in [2.75, 3.05) is 26.1 Å². The maximum Gasteiger partial charge on any atom is 0.408 e. The lowest BCUT2D eigenvalue weighted by Gasteiger charge is -2.24. The molecule has 0 saturated carbocycles. The Kier molecular flexibility index (Phi) is 15.7. The van der Waals surface area contributed by atoms with Gasteiger partial charge in [0, 0.05) is 42.5 Å². The van der Waals surface area contributed by atoms with Crippen molar-refractivity contribution in [3.8, 4) is 11.5 Å². The lowest BCUT2D eigenvalue weighted by atomic mass is 10.0. The SMILES string of the molecule is COC(=O)[C@@H](CSCc1c(OC(C)=O)cc(OC(C)=O)c(C)c1C(=O)OCC(Cl)(Cl)Cl)NC(=O)[C@H](CO)NC(=O)OC(C)(C)C. The first kappa shape index (κ1) is 40.0. The van der Waals surface area contributed by atoms with Crippen LogP contribution in [0.3, 0.4) is 0 Å². The summed E-state index contributed by atoms with van der Waals surface area (Å²) in [5.74, 6) is -4.88. The molecule has 2 amide bonds. The summed E-state index contributed by atoms with van der Waals surface area (Å²) in [5, 5.41) is 14.3. The Morgan fingerprint density at radius 1 is 0.956 bits per heavy atom. The molecule has 3 N–H and O–H groups in total. The number of aliphatic hydroxyl groups excluding tert-OH is 1. The molecule has 1 rings (SSSR count). The molecule has 0 unspecified atom stereocenters. The Balaban J connectivity index is 3.37. The second kappa shape index (κ2) is 17.6. The topological polar surface area (TPSA) is 193 Å². The van der Waals surface area contributed by atoms with Crippen LogP contribution in [-0.2, 0) is 39.1 Å². The fraction of sp³-hybridized carbons (Fsp3) is 0.556. The monoisotopic (exact) mass is 716 g/mol. The summed E-state index contributed by atoms with van der Waals surface area (Å²) in [6, 6.07) is -1.54. The van der Waals surface area contributed by atoms with Crippen LogP contribution in [0.1, 0.15) is 56.1 Å². The van der Waals surface area contributed by atoms with Crippen LogP contribution in [0.2, 0.25) is 0 Å². The minimum absolute atomic E-state index is 0.0905. The molecule has 0 aliphatic heterocycles. The van der Waals surface area contributed by atoms with Crippen molar-refractivity contribution >= 4 is 82.4 Å². The quantitative estimate of drug-likeness (QED) is 0.117. The van der Waals surface area contributed by atoms with Gasteiger partial charge < -0.3 is 39.4 Å². The zero-order valence-corrected chi connectivity index (χ0v) is 28.6. The van der Waals surface area contributed by atoms with Gasteiger partial charge in [0.05, 0.1) is 19.3 Å². The number of rotatable bonds is 13. The van der Waals surface area contributed by atoms with Crippen LogP contribution < -0.4 is 20.1 Å². The van der Waals surface area contributed by atoms with Crippen molar-refractivity contribution in [1.29, 1.82) is 0 Å². The average Bonchev–Trinajstić information content (AvgIpc) is 2.89. The smallest absolute Gasteiger partial charge is 0.408 e. The number of alkyl halides is 3. The van der Waals surface area contributed by atoms with E-state index in [2.05, 4.69) is 10.6 Å². The molecule has 0 heterocycles. The number of carbonyl (C=O) groups excluding carboxylic acids is 6. The molecular formula is C27H35Cl3N2O12S. The Labute approximate surface area is 279 Å². The van der Waals surface area contributed by atoms with Crippen molar-refractivity contribution in [2.24, 2.45) is 0 Å². The highest BCUT2D eigenvalue weighted by molar-refractivity contribution is 7.98. The van der Waals surface area contributed by atoms with Gasteiger partial charge in [0.1, 0.15) is 35.8 Å². The largest absolute Gasteiger partial charge is 0.467 e. The number of thioether (sulfide) groups is 1. The zero-order valence-electron chi connectivity index (χ0n) is 25.5. The summed E-state index contributed by atoms with van der Waals surface area (Å²) in [7, 11) is 1.09. The molecule has 0 spiro atoms. The number of hydrogen-bond donors (Lipinski definition) is 3. The maximum absolute atomic E-state index is 13.2. The van der Waals surface area contributed by atoms with Crippen molar-refractivity contribution in [2.45, 2.75) is 68.8 Å². The number of amides is 2. The molecule has 0 fully saturated rings. The van der Waals surface area contributed by atoms with E-state index in [0.29, 0.717) is 0 Å². The van der Waals surface area contributed by atoms with E-state index in [-0.39, 0.29) is 39.7 Å². The van der Waals surface area contributed by atoms with E-state index in [1.165, 1.54) is 13.0 Å². The molecule has 0 radical (unpaired) electrons. The number of carbonyl (C=O) groups is 6. The van der Waals surface area contributed by atoms with Crippen LogP contribution >= 0.6 is 46.6 Å². The zero-order chi connectivity index (χ0) is 34.7. The molecule has 252 valence electrons. The molecule has 14 nitrogen and oxygen atoms in total. The van der Waals surface area contributed by atoms with Gasteiger partial charge >= 0.3 is 30.0 Å². The second-order valence-corrected chi connectivity index (χ2v) is 13.8. The van der Waals surface area contributed by atoms with Gasteiger partial charge in [-0.15, -0.1) is 0 Å². The van der Waals surface area contributed by atoms with Gasteiger partial charge in [-0.2, -0.15) is 11.8 Å². The van der Waals surface area contributed by atoms with E-state index in [0.717, 1.165) is 32.7 Å². The normalized spacial score (nSPS) is 12.7. The molecule has 0 aliphatic carbocycles. The Hall–Kier alpha value is -2.98. The molecule has 0 aliphatic rings. The lowest BCUT2D eigenvalue weighted by Crippen LogP contribution is -2.54. The minimum Gasteiger partial charge on any atom is -0.467 e. The van der Waals surface area contributed by atoms with Crippen LogP contribution in [-0.4, -0.2) is 88.5 Å². The third-order valence-corrected chi connectivity index (χ3v) is 6.60. The molecule has 1 aromatic rings. The van der Waals surface area contributed by atoms with Crippen LogP contribution in [0.25, 0.3) is 0 Å². The van der Waals surface area contributed by atoms with Crippen LogP contribution in [0.15, 0.2) is 6.07 Å². The van der Waals surface area contributed by atoms with E-state index in [9.17, 15) is 33.9 Å². The van der Waals surface area contributed by atoms with Crippen LogP contribution in [0.4, 0.5) is 4.79 Å². The summed E-state index contributed by atoms with van der Waals surface area (Å²) in [4.78, 5) is 74.3. The van der Waals surface area contributed by atoms with Crippen molar-refractivity contribution in [3.05, 3.63) is 22.8 Å². The number of nitrogens with one attached hydrogen (secondary N) is 2. The number of methoxy groups -OCH3 is 1. The molecule has 2 atom stereocenters. The fourth-order valence-electron chi connectivity index (χ4n) is 3.44. The second-order valence-electron chi connectivity index (χ2n) is 10.2. The number of aliphatic hydroxyl groups is 1. The molecule has 0 aromatic heterocycles. The van der Waals surface area contributed by atoms with Crippen molar-refractivity contribution in [3.63, 3.8) is 0 Å². The Morgan fingerprint density at radius 3 is 2.02 bits per heavy atom. The van der Waals surface area contributed by atoms with E-state index in [1.807, 2.05) is 0 Å². The maximum atomic E-state index is 13.2. The predicted molar refractivity (Wildman–Crippen MR) is 165 cm³/mol. The summed E-state index contributed by atoms with van der Waals surface area (Å²) in [6.45, 7) is 7.03. The lowest BCUT2D eigenvalue weighted by molar-refractivity contribution is -0.144. The van der Waals surface area contributed by atoms with E-state index >= 15 is 0 Å². The van der Waals surface area contributed by atoms with E-state index < -0.39 is 70.6 Å². The summed E-state index contributed by atoms with van der Waals surface area (Å²) >= 11 is 18.2. The first-order chi connectivity index (χ1) is 20.7. The first-order valence-electron chi connectivity index (χ1n) is 13.0.